The van der Waals surface area contributed by atoms with Crippen molar-refractivity contribution in [3.8, 4) is 0 Å². The lowest BCUT2D eigenvalue weighted by atomic mass is 10.1. The van der Waals surface area contributed by atoms with Gasteiger partial charge in [-0.15, -0.1) is 0 Å². The Kier molecular flexibility index (Phi) is 4.02. The molecule has 0 aliphatic carbocycles. The van der Waals surface area contributed by atoms with E-state index in [1.165, 1.54) is 12.1 Å². The molecule has 1 aromatic carbocycles. The SMILES string of the molecule is CC(C)=CC(c1nc2cc(Cl)c(Cl)cc2[nH]1)C(F)(F)F. The van der Waals surface area contributed by atoms with Crippen LogP contribution in [0.15, 0.2) is 23.8 Å². The molecule has 0 radical (unpaired) electrons. The molecule has 0 aliphatic rings. The van der Waals surface area contributed by atoms with E-state index in [2.05, 4.69) is 9.97 Å². The van der Waals surface area contributed by atoms with E-state index in [-0.39, 0.29) is 15.9 Å². The van der Waals surface area contributed by atoms with E-state index in [1.54, 1.807) is 13.8 Å². The van der Waals surface area contributed by atoms with Crippen molar-refractivity contribution in [2.45, 2.75) is 25.9 Å². The highest BCUT2D eigenvalue weighted by Gasteiger charge is 2.41. The van der Waals surface area contributed by atoms with Crippen molar-refractivity contribution in [1.29, 1.82) is 0 Å². The van der Waals surface area contributed by atoms with Crippen LogP contribution in [0.5, 0.6) is 0 Å². The summed E-state index contributed by atoms with van der Waals surface area (Å²) in [7, 11) is 0. The number of alkyl halides is 3. The molecule has 108 valence electrons. The number of nitrogens with one attached hydrogen (secondary N) is 1. The van der Waals surface area contributed by atoms with Gasteiger partial charge in [-0.25, -0.2) is 4.98 Å². The number of aromatic nitrogens is 2. The Morgan fingerprint density at radius 1 is 1.25 bits per heavy atom. The van der Waals surface area contributed by atoms with Gasteiger partial charge in [0.2, 0.25) is 0 Å². The van der Waals surface area contributed by atoms with Crippen molar-refractivity contribution in [2.75, 3.05) is 0 Å². The Morgan fingerprint density at radius 3 is 2.40 bits per heavy atom. The first-order chi connectivity index (χ1) is 9.18. The van der Waals surface area contributed by atoms with Gasteiger partial charge in [-0.05, 0) is 26.0 Å². The number of H-pyrrole nitrogens is 1. The summed E-state index contributed by atoms with van der Waals surface area (Å²) in [5.74, 6) is -1.95. The molecular formula is C13H11Cl2F3N2. The molecule has 1 aromatic heterocycles. The molecular weight excluding hydrogens is 312 g/mol. The summed E-state index contributed by atoms with van der Waals surface area (Å²) >= 11 is 11.7. The Hall–Kier alpha value is -1.20. The summed E-state index contributed by atoms with van der Waals surface area (Å²) in [6, 6.07) is 2.90. The normalized spacial score (nSPS) is 13.6. The summed E-state index contributed by atoms with van der Waals surface area (Å²) in [4.78, 5) is 6.63. The zero-order valence-corrected chi connectivity index (χ0v) is 12.2. The van der Waals surface area contributed by atoms with Crippen LogP contribution in [-0.2, 0) is 0 Å². The molecule has 2 aromatic rings. The molecule has 2 nitrogen and oxygen atoms in total. The molecule has 0 amide bonds. The Morgan fingerprint density at radius 2 is 1.85 bits per heavy atom. The predicted molar refractivity (Wildman–Crippen MR) is 74.3 cm³/mol. The number of nitrogens with zero attached hydrogens (tertiary/aromatic N) is 1. The third kappa shape index (κ3) is 3.10. The lowest BCUT2D eigenvalue weighted by Crippen LogP contribution is -2.20. The molecule has 20 heavy (non-hydrogen) atoms. The molecule has 0 fully saturated rings. The van der Waals surface area contributed by atoms with Crippen molar-refractivity contribution >= 4 is 34.2 Å². The van der Waals surface area contributed by atoms with Crippen molar-refractivity contribution in [3.05, 3.63) is 39.7 Å². The third-order valence-corrected chi connectivity index (χ3v) is 3.41. The lowest BCUT2D eigenvalue weighted by molar-refractivity contribution is -0.141. The summed E-state index contributed by atoms with van der Waals surface area (Å²) in [6.45, 7) is 3.21. The number of aromatic amines is 1. The molecule has 0 bridgehead atoms. The van der Waals surface area contributed by atoms with Crippen LogP contribution >= 0.6 is 23.2 Å². The van der Waals surface area contributed by atoms with Crippen molar-refractivity contribution in [3.63, 3.8) is 0 Å². The van der Waals surface area contributed by atoms with Gasteiger partial charge in [0, 0.05) is 0 Å². The first-order valence-electron chi connectivity index (χ1n) is 5.75. The highest BCUT2D eigenvalue weighted by atomic mass is 35.5. The molecule has 0 saturated heterocycles. The van der Waals surface area contributed by atoms with Crippen LogP contribution in [0.1, 0.15) is 25.6 Å². The van der Waals surface area contributed by atoms with E-state index in [9.17, 15) is 13.2 Å². The number of hydrogen-bond donors (Lipinski definition) is 1. The van der Waals surface area contributed by atoms with Crippen LogP contribution in [0.25, 0.3) is 11.0 Å². The van der Waals surface area contributed by atoms with Gasteiger partial charge < -0.3 is 4.98 Å². The second-order valence-corrected chi connectivity index (χ2v) is 5.48. The molecule has 1 atom stereocenters. The zero-order valence-electron chi connectivity index (χ0n) is 10.6. The minimum absolute atomic E-state index is 0.174. The molecule has 1 heterocycles. The second kappa shape index (κ2) is 5.30. The molecule has 2 rings (SSSR count). The maximum atomic E-state index is 13.1. The third-order valence-electron chi connectivity index (χ3n) is 2.69. The minimum atomic E-state index is -4.42. The van der Waals surface area contributed by atoms with Crippen LogP contribution in [0, 0.1) is 0 Å². The molecule has 0 saturated carbocycles. The van der Waals surface area contributed by atoms with E-state index < -0.39 is 12.1 Å². The highest BCUT2D eigenvalue weighted by Crippen LogP contribution is 2.37. The van der Waals surface area contributed by atoms with Gasteiger partial charge in [0.25, 0.3) is 0 Å². The van der Waals surface area contributed by atoms with Gasteiger partial charge in [0.15, 0.2) is 0 Å². The molecule has 0 spiro atoms. The van der Waals surface area contributed by atoms with Crippen molar-refractivity contribution < 1.29 is 13.2 Å². The smallest absolute Gasteiger partial charge is 0.341 e. The van der Waals surface area contributed by atoms with Crippen LogP contribution in [0.3, 0.4) is 0 Å². The van der Waals surface area contributed by atoms with E-state index in [0.717, 1.165) is 6.08 Å². The van der Waals surface area contributed by atoms with Gasteiger partial charge in [0.1, 0.15) is 11.7 Å². The molecule has 1 N–H and O–H groups in total. The number of allylic oxidation sites excluding steroid dienone is 2. The van der Waals surface area contributed by atoms with Crippen LogP contribution < -0.4 is 0 Å². The van der Waals surface area contributed by atoms with Crippen LogP contribution in [0.2, 0.25) is 10.0 Å². The summed E-state index contributed by atoms with van der Waals surface area (Å²) < 4.78 is 39.3. The number of benzene rings is 1. The van der Waals surface area contributed by atoms with Gasteiger partial charge >= 0.3 is 6.18 Å². The first kappa shape index (κ1) is 15.2. The van der Waals surface area contributed by atoms with Gasteiger partial charge in [-0.3, -0.25) is 0 Å². The molecule has 1 unspecified atom stereocenters. The highest BCUT2D eigenvalue weighted by molar-refractivity contribution is 6.42. The quantitative estimate of drug-likeness (QED) is 0.728. The average Bonchev–Trinajstić information content (AvgIpc) is 2.67. The lowest BCUT2D eigenvalue weighted by Gasteiger charge is -2.15. The minimum Gasteiger partial charge on any atom is -0.341 e. The fourth-order valence-electron chi connectivity index (χ4n) is 1.83. The largest absolute Gasteiger partial charge is 0.402 e. The number of rotatable bonds is 2. The Bertz CT molecular complexity index is 631. The van der Waals surface area contributed by atoms with Crippen molar-refractivity contribution in [2.24, 2.45) is 0 Å². The average molecular weight is 323 g/mol. The maximum absolute atomic E-state index is 13.1. The van der Waals surface area contributed by atoms with Crippen LogP contribution in [-0.4, -0.2) is 16.1 Å². The molecule has 0 aliphatic heterocycles. The van der Waals surface area contributed by atoms with Gasteiger partial charge in [-0.1, -0.05) is 34.9 Å². The second-order valence-electron chi connectivity index (χ2n) is 4.67. The number of halogens is 5. The fraction of sp³-hybridized carbons (Fsp3) is 0.308. The van der Waals surface area contributed by atoms with E-state index >= 15 is 0 Å². The standard InChI is InChI=1S/C13H11Cl2F3N2/c1-6(2)3-7(13(16,17)18)12-19-10-4-8(14)9(15)5-11(10)20-12/h3-5,7H,1-2H3,(H,19,20). The van der Waals surface area contributed by atoms with Crippen LogP contribution in [0.4, 0.5) is 13.2 Å². The van der Waals surface area contributed by atoms with E-state index in [0.29, 0.717) is 16.6 Å². The first-order valence-corrected chi connectivity index (χ1v) is 6.50. The zero-order chi connectivity index (χ0) is 15.1. The van der Waals surface area contributed by atoms with Gasteiger partial charge in [0.05, 0.1) is 21.1 Å². The topological polar surface area (TPSA) is 28.7 Å². The Labute approximate surface area is 123 Å². The number of imidazole rings is 1. The number of fused-ring (bicyclic) bond motifs is 1. The number of hydrogen-bond acceptors (Lipinski definition) is 1. The molecule has 7 heteroatoms. The van der Waals surface area contributed by atoms with E-state index in [4.69, 9.17) is 23.2 Å². The maximum Gasteiger partial charge on any atom is 0.402 e. The van der Waals surface area contributed by atoms with Gasteiger partial charge in [-0.2, -0.15) is 13.2 Å². The summed E-state index contributed by atoms with van der Waals surface area (Å²) in [5, 5.41) is 0.517. The van der Waals surface area contributed by atoms with E-state index in [1.807, 2.05) is 0 Å². The summed E-state index contributed by atoms with van der Waals surface area (Å²) in [6.07, 6.45) is -3.29. The fourth-order valence-corrected chi connectivity index (χ4v) is 2.16. The summed E-state index contributed by atoms with van der Waals surface area (Å²) in [5.41, 5.74) is 1.33. The Balaban J connectivity index is 2.57. The predicted octanol–water partition coefficient (Wildman–Crippen LogP) is 5.48. The monoisotopic (exact) mass is 322 g/mol. The van der Waals surface area contributed by atoms with Crippen molar-refractivity contribution in [1.82, 2.24) is 9.97 Å².